The summed E-state index contributed by atoms with van der Waals surface area (Å²) in [5, 5.41) is 10.3. The summed E-state index contributed by atoms with van der Waals surface area (Å²) in [6.45, 7) is 0. The molecule has 0 spiro atoms. The van der Waals surface area contributed by atoms with Crippen molar-refractivity contribution in [1.82, 2.24) is 5.43 Å². The summed E-state index contributed by atoms with van der Waals surface area (Å²) in [5.74, 6) is -1.31. The molecule has 29 heavy (non-hydrogen) atoms. The van der Waals surface area contributed by atoms with Crippen LogP contribution in [0.1, 0.15) is 16.1 Å². The van der Waals surface area contributed by atoms with Gasteiger partial charge in [0.15, 0.2) is 0 Å². The molecule has 4 rings (SSSR count). The van der Waals surface area contributed by atoms with E-state index in [1.54, 1.807) is 36.4 Å². The highest BCUT2D eigenvalue weighted by Crippen LogP contribution is 2.26. The van der Waals surface area contributed by atoms with E-state index < -0.39 is 17.8 Å². The average Bonchev–Trinajstić information content (AvgIpc) is 3.29. The van der Waals surface area contributed by atoms with Crippen molar-refractivity contribution in [2.45, 2.75) is 0 Å². The van der Waals surface area contributed by atoms with Gasteiger partial charge in [0, 0.05) is 9.13 Å². The van der Waals surface area contributed by atoms with Gasteiger partial charge < -0.3 is 9.52 Å². The molecule has 8 heteroatoms. The second kappa shape index (κ2) is 7.55. The van der Waals surface area contributed by atoms with Gasteiger partial charge in [-0.2, -0.15) is 0 Å². The van der Waals surface area contributed by atoms with Gasteiger partial charge in [0.25, 0.3) is 11.8 Å². The SMILES string of the molecule is O=C1NN(c2ccc(I)cc2)C(=O)/C1=C\c1ccc(-c2cccc(C(=O)O)c2)o1. The molecule has 0 saturated carbocycles. The molecule has 1 aliphatic heterocycles. The van der Waals surface area contributed by atoms with Crippen molar-refractivity contribution in [3.8, 4) is 11.3 Å². The quantitative estimate of drug-likeness (QED) is 0.323. The van der Waals surface area contributed by atoms with E-state index in [2.05, 4.69) is 28.0 Å². The highest BCUT2D eigenvalue weighted by atomic mass is 127. The fourth-order valence-corrected chi connectivity index (χ4v) is 3.22. The standard InChI is InChI=1S/C21H13IN2O5/c22-14-4-6-15(7-5-14)24-20(26)17(19(25)23-24)11-16-8-9-18(29-16)12-2-1-3-13(10-12)21(27)28/h1-11H,(H,23,25)(H,27,28)/b17-11-. The molecule has 1 fully saturated rings. The van der Waals surface area contributed by atoms with Gasteiger partial charge in [-0.15, -0.1) is 0 Å². The van der Waals surface area contributed by atoms with Gasteiger partial charge in [-0.3, -0.25) is 15.0 Å². The maximum Gasteiger partial charge on any atom is 0.335 e. The number of hydrazine groups is 1. The third-order valence-electron chi connectivity index (χ3n) is 4.28. The lowest BCUT2D eigenvalue weighted by molar-refractivity contribution is -0.117. The Balaban J connectivity index is 1.61. The van der Waals surface area contributed by atoms with Crippen LogP contribution in [0, 0.1) is 3.57 Å². The van der Waals surface area contributed by atoms with E-state index in [0.717, 1.165) is 3.57 Å². The van der Waals surface area contributed by atoms with Crippen molar-refractivity contribution in [3.63, 3.8) is 0 Å². The number of nitrogens with zero attached hydrogens (tertiary/aromatic N) is 1. The van der Waals surface area contributed by atoms with Gasteiger partial charge in [-0.1, -0.05) is 12.1 Å². The Kier molecular flexibility index (Phi) is 4.93. The molecule has 2 amide bonds. The molecule has 0 bridgehead atoms. The van der Waals surface area contributed by atoms with Crippen LogP contribution in [-0.4, -0.2) is 22.9 Å². The summed E-state index contributed by atoms with van der Waals surface area (Å²) in [7, 11) is 0. The first-order valence-corrected chi connectivity index (χ1v) is 9.56. The minimum absolute atomic E-state index is 0.0521. The maximum atomic E-state index is 12.7. The second-order valence-electron chi connectivity index (χ2n) is 6.20. The van der Waals surface area contributed by atoms with E-state index in [0.29, 0.717) is 22.8 Å². The van der Waals surface area contributed by atoms with Gasteiger partial charge >= 0.3 is 5.97 Å². The predicted octanol–water partition coefficient (Wildman–Crippen LogP) is 3.71. The number of carbonyl (C=O) groups is 3. The van der Waals surface area contributed by atoms with Crippen LogP contribution in [0.3, 0.4) is 0 Å². The molecule has 1 aromatic heterocycles. The number of furan rings is 1. The Morgan fingerprint density at radius 3 is 2.55 bits per heavy atom. The summed E-state index contributed by atoms with van der Waals surface area (Å²) >= 11 is 2.15. The summed E-state index contributed by atoms with van der Waals surface area (Å²) < 4.78 is 6.71. The third-order valence-corrected chi connectivity index (χ3v) is 5.00. The number of anilines is 1. The molecule has 1 saturated heterocycles. The van der Waals surface area contributed by atoms with Crippen LogP contribution in [0.5, 0.6) is 0 Å². The number of nitrogens with one attached hydrogen (secondary N) is 1. The molecule has 1 aliphatic rings. The molecule has 2 N–H and O–H groups in total. The molecule has 0 atom stereocenters. The van der Waals surface area contributed by atoms with Crippen LogP contribution in [0.2, 0.25) is 0 Å². The number of benzene rings is 2. The van der Waals surface area contributed by atoms with Crippen molar-refractivity contribution < 1.29 is 23.9 Å². The number of hydrogen-bond donors (Lipinski definition) is 2. The van der Waals surface area contributed by atoms with Crippen molar-refractivity contribution >= 4 is 52.1 Å². The fraction of sp³-hybridized carbons (Fsp3) is 0. The highest BCUT2D eigenvalue weighted by molar-refractivity contribution is 14.1. The zero-order valence-electron chi connectivity index (χ0n) is 14.8. The number of aromatic carboxylic acids is 1. The number of carboxylic acid groups (broad SMARTS) is 1. The zero-order valence-corrected chi connectivity index (χ0v) is 16.9. The monoisotopic (exact) mass is 500 g/mol. The summed E-state index contributed by atoms with van der Waals surface area (Å²) in [6.07, 6.45) is 1.37. The van der Waals surface area contributed by atoms with Crippen LogP contribution in [-0.2, 0) is 9.59 Å². The lowest BCUT2D eigenvalue weighted by atomic mass is 10.1. The smallest absolute Gasteiger partial charge is 0.335 e. The summed E-state index contributed by atoms with van der Waals surface area (Å²) in [5.41, 5.74) is 3.75. The zero-order chi connectivity index (χ0) is 20.5. The summed E-state index contributed by atoms with van der Waals surface area (Å²) in [6, 6.07) is 16.7. The third kappa shape index (κ3) is 3.79. The molecular weight excluding hydrogens is 487 g/mol. The molecule has 0 unspecified atom stereocenters. The Bertz CT molecular complexity index is 1160. The number of halogens is 1. The predicted molar refractivity (Wildman–Crippen MR) is 114 cm³/mol. The first-order chi connectivity index (χ1) is 13.9. The van der Waals surface area contributed by atoms with Crippen LogP contribution < -0.4 is 10.4 Å². The Morgan fingerprint density at radius 2 is 1.83 bits per heavy atom. The van der Waals surface area contributed by atoms with Crippen molar-refractivity contribution in [2.75, 3.05) is 5.01 Å². The van der Waals surface area contributed by atoms with Crippen LogP contribution in [0.15, 0.2) is 70.7 Å². The highest BCUT2D eigenvalue weighted by Gasteiger charge is 2.34. The Labute approximate surface area is 178 Å². The Hall–Kier alpha value is -3.40. The van der Waals surface area contributed by atoms with Crippen LogP contribution in [0.25, 0.3) is 17.4 Å². The van der Waals surface area contributed by atoms with E-state index in [1.807, 2.05) is 12.1 Å². The Morgan fingerprint density at radius 1 is 1.07 bits per heavy atom. The average molecular weight is 500 g/mol. The van der Waals surface area contributed by atoms with Gasteiger partial charge in [-0.25, -0.2) is 9.80 Å². The van der Waals surface area contributed by atoms with E-state index in [9.17, 15) is 14.4 Å². The van der Waals surface area contributed by atoms with Gasteiger partial charge in [0.1, 0.15) is 17.1 Å². The van der Waals surface area contributed by atoms with Gasteiger partial charge in [0.2, 0.25) is 0 Å². The normalized spacial score (nSPS) is 15.1. The first kappa shape index (κ1) is 18.9. The second-order valence-corrected chi connectivity index (χ2v) is 7.45. The van der Waals surface area contributed by atoms with E-state index >= 15 is 0 Å². The molecule has 144 valence electrons. The minimum Gasteiger partial charge on any atom is -0.478 e. The minimum atomic E-state index is -1.04. The summed E-state index contributed by atoms with van der Waals surface area (Å²) in [4.78, 5) is 36.1. The van der Waals surface area contributed by atoms with Crippen molar-refractivity contribution in [2.24, 2.45) is 0 Å². The number of carboxylic acids is 1. The largest absolute Gasteiger partial charge is 0.478 e. The van der Waals surface area contributed by atoms with Crippen LogP contribution in [0.4, 0.5) is 5.69 Å². The molecular formula is C21H13IN2O5. The number of hydrogen-bond acceptors (Lipinski definition) is 4. The van der Waals surface area contributed by atoms with Crippen molar-refractivity contribution in [1.29, 1.82) is 0 Å². The molecule has 0 radical (unpaired) electrons. The number of rotatable bonds is 4. The number of carbonyl (C=O) groups excluding carboxylic acids is 2. The van der Waals surface area contributed by atoms with E-state index in [1.165, 1.54) is 23.2 Å². The molecule has 0 aliphatic carbocycles. The van der Waals surface area contributed by atoms with Gasteiger partial charge in [0.05, 0.1) is 11.3 Å². The van der Waals surface area contributed by atoms with Crippen LogP contribution >= 0.6 is 22.6 Å². The number of amides is 2. The fourth-order valence-electron chi connectivity index (χ4n) is 2.86. The van der Waals surface area contributed by atoms with Crippen molar-refractivity contribution in [3.05, 3.63) is 81.1 Å². The molecule has 2 heterocycles. The van der Waals surface area contributed by atoms with E-state index in [4.69, 9.17) is 9.52 Å². The lowest BCUT2D eigenvalue weighted by Crippen LogP contribution is -2.35. The first-order valence-electron chi connectivity index (χ1n) is 8.48. The molecule has 7 nitrogen and oxygen atoms in total. The maximum absolute atomic E-state index is 12.7. The molecule has 3 aromatic rings. The molecule has 2 aromatic carbocycles. The van der Waals surface area contributed by atoms with Gasteiger partial charge in [-0.05, 0) is 77.2 Å². The lowest BCUT2D eigenvalue weighted by Gasteiger charge is -2.14. The topological polar surface area (TPSA) is 99.9 Å². The van der Waals surface area contributed by atoms with E-state index in [-0.39, 0.29) is 11.1 Å².